The number of rotatable bonds is 6. The van der Waals surface area contributed by atoms with Crippen molar-refractivity contribution in [2.24, 2.45) is 5.84 Å². The average molecular weight is 248 g/mol. The largest absolute Gasteiger partial charge is 0.472 e. The van der Waals surface area contributed by atoms with Crippen molar-refractivity contribution in [1.29, 1.82) is 0 Å². The Morgan fingerprint density at radius 1 is 1.50 bits per heavy atom. The molecule has 2 heterocycles. The minimum atomic E-state index is 0.0513. The molecule has 0 aliphatic carbocycles. The molecule has 3 N–H and O–H groups in total. The van der Waals surface area contributed by atoms with E-state index < -0.39 is 0 Å². The van der Waals surface area contributed by atoms with E-state index in [1.807, 2.05) is 10.7 Å². The van der Waals surface area contributed by atoms with Crippen LogP contribution in [0, 0.1) is 0 Å². The lowest BCUT2D eigenvalue weighted by atomic mass is 10.1. The first kappa shape index (κ1) is 12.9. The van der Waals surface area contributed by atoms with Crippen molar-refractivity contribution < 1.29 is 4.42 Å². The summed E-state index contributed by atoms with van der Waals surface area (Å²) in [6.45, 7) is 5.08. The van der Waals surface area contributed by atoms with Crippen LogP contribution in [-0.4, -0.2) is 9.78 Å². The van der Waals surface area contributed by atoms with Crippen molar-refractivity contribution in [3.8, 4) is 0 Å². The van der Waals surface area contributed by atoms with E-state index in [1.165, 1.54) is 5.69 Å². The lowest BCUT2D eigenvalue weighted by molar-refractivity contribution is 0.504. The summed E-state index contributed by atoms with van der Waals surface area (Å²) in [5.74, 6) is 5.62. The fourth-order valence-corrected chi connectivity index (χ4v) is 2.08. The molecule has 0 saturated heterocycles. The molecule has 0 radical (unpaired) electrons. The average Bonchev–Trinajstić information content (AvgIpc) is 3.04. The number of furan rings is 1. The van der Waals surface area contributed by atoms with Gasteiger partial charge in [0, 0.05) is 24.2 Å². The fourth-order valence-electron chi connectivity index (χ4n) is 2.08. The van der Waals surface area contributed by atoms with Gasteiger partial charge in [-0.05, 0) is 25.5 Å². The number of hydrogen-bond donors (Lipinski definition) is 2. The second-order valence-electron chi connectivity index (χ2n) is 4.28. The smallest absolute Gasteiger partial charge is 0.0951 e. The van der Waals surface area contributed by atoms with Gasteiger partial charge in [0.15, 0.2) is 0 Å². The third-order valence-corrected chi connectivity index (χ3v) is 3.14. The first-order valence-electron chi connectivity index (χ1n) is 6.32. The summed E-state index contributed by atoms with van der Waals surface area (Å²) in [5.41, 5.74) is 6.20. The molecule has 0 spiro atoms. The first-order valence-corrected chi connectivity index (χ1v) is 6.32. The maximum absolute atomic E-state index is 5.62. The fraction of sp³-hybridized carbons (Fsp3) is 0.462. The van der Waals surface area contributed by atoms with Crippen LogP contribution in [0.2, 0.25) is 0 Å². The Balaban J connectivity index is 2.19. The molecule has 1 unspecified atom stereocenters. The summed E-state index contributed by atoms with van der Waals surface area (Å²) in [4.78, 5) is 0. The van der Waals surface area contributed by atoms with Crippen LogP contribution in [0.1, 0.15) is 36.8 Å². The molecule has 0 saturated carbocycles. The molecule has 2 aromatic heterocycles. The minimum absolute atomic E-state index is 0.0513. The van der Waals surface area contributed by atoms with Gasteiger partial charge in [-0.15, -0.1) is 0 Å². The summed E-state index contributed by atoms with van der Waals surface area (Å²) in [6.07, 6.45) is 5.13. The number of aromatic nitrogens is 2. The van der Waals surface area contributed by atoms with E-state index in [4.69, 9.17) is 10.3 Å². The van der Waals surface area contributed by atoms with E-state index in [0.717, 1.165) is 30.6 Å². The molecule has 18 heavy (non-hydrogen) atoms. The predicted octanol–water partition coefficient (Wildman–Crippen LogP) is 1.81. The highest BCUT2D eigenvalue weighted by Crippen LogP contribution is 2.19. The molecule has 0 fully saturated rings. The second-order valence-corrected chi connectivity index (χ2v) is 4.28. The Hall–Kier alpha value is -1.59. The van der Waals surface area contributed by atoms with Crippen LogP contribution in [0.4, 0.5) is 0 Å². The van der Waals surface area contributed by atoms with Gasteiger partial charge in [-0.1, -0.05) is 6.92 Å². The van der Waals surface area contributed by atoms with Crippen LogP contribution in [0.5, 0.6) is 0 Å². The third kappa shape index (κ3) is 2.63. The van der Waals surface area contributed by atoms with Crippen molar-refractivity contribution >= 4 is 0 Å². The van der Waals surface area contributed by atoms with Crippen LogP contribution in [0.3, 0.4) is 0 Å². The zero-order valence-electron chi connectivity index (χ0n) is 10.9. The summed E-state index contributed by atoms with van der Waals surface area (Å²) in [6, 6.07) is 4.13. The third-order valence-electron chi connectivity index (χ3n) is 3.14. The van der Waals surface area contributed by atoms with E-state index in [-0.39, 0.29) is 6.04 Å². The van der Waals surface area contributed by atoms with Crippen molar-refractivity contribution in [1.82, 2.24) is 15.2 Å². The van der Waals surface area contributed by atoms with Crippen LogP contribution in [0.25, 0.3) is 0 Å². The van der Waals surface area contributed by atoms with E-state index in [2.05, 4.69) is 30.4 Å². The van der Waals surface area contributed by atoms with Crippen LogP contribution >= 0.6 is 0 Å². The number of nitrogens with zero attached hydrogens (tertiary/aromatic N) is 2. The molecule has 1 atom stereocenters. The summed E-state index contributed by atoms with van der Waals surface area (Å²) < 4.78 is 7.13. The number of hydrazine groups is 1. The Morgan fingerprint density at radius 3 is 2.89 bits per heavy atom. The lowest BCUT2D eigenvalue weighted by Crippen LogP contribution is -2.29. The molecule has 0 aliphatic heterocycles. The van der Waals surface area contributed by atoms with Crippen LogP contribution in [0.15, 0.2) is 29.1 Å². The standard InChI is InChI=1S/C13H20N4O/c1-3-11-7-12(17(4-2)16-11)8-13(15-14)10-5-6-18-9-10/h5-7,9,13,15H,3-4,8,14H2,1-2H3. The van der Waals surface area contributed by atoms with Crippen molar-refractivity contribution in [3.63, 3.8) is 0 Å². The Morgan fingerprint density at radius 2 is 2.33 bits per heavy atom. The van der Waals surface area contributed by atoms with E-state index in [9.17, 15) is 0 Å². The van der Waals surface area contributed by atoms with Gasteiger partial charge in [-0.2, -0.15) is 5.10 Å². The second kappa shape index (κ2) is 5.84. The zero-order valence-corrected chi connectivity index (χ0v) is 10.9. The Bertz CT molecular complexity index is 475. The number of hydrogen-bond acceptors (Lipinski definition) is 4. The van der Waals surface area contributed by atoms with E-state index in [1.54, 1.807) is 12.5 Å². The first-order chi connectivity index (χ1) is 8.78. The van der Waals surface area contributed by atoms with Gasteiger partial charge >= 0.3 is 0 Å². The summed E-state index contributed by atoms with van der Waals surface area (Å²) in [5, 5.41) is 4.54. The van der Waals surface area contributed by atoms with Gasteiger partial charge in [-0.3, -0.25) is 16.0 Å². The minimum Gasteiger partial charge on any atom is -0.472 e. The molecule has 0 aliphatic rings. The SMILES string of the molecule is CCc1cc(CC(NN)c2ccoc2)n(CC)n1. The summed E-state index contributed by atoms with van der Waals surface area (Å²) >= 11 is 0. The maximum Gasteiger partial charge on any atom is 0.0951 e. The van der Waals surface area contributed by atoms with Gasteiger partial charge in [0.05, 0.1) is 24.3 Å². The molecule has 5 nitrogen and oxygen atoms in total. The van der Waals surface area contributed by atoms with E-state index >= 15 is 0 Å². The van der Waals surface area contributed by atoms with Gasteiger partial charge in [-0.25, -0.2) is 0 Å². The van der Waals surface area contributed by atoms with Crippen molar-refractivity contribution in [2.45, 2.75) is 39.3 Å². The van der Waals surface area contributed by atoms with Gasteiger partial charge < -0.3 is 4.42 Å². The van der Waals surface area contributed by atoms with E-state index in [0.29, 0.717) is 0 Å². The molecular weight excluding hydrogens is 228 g/mol. The lowest BCUT2D eigenvalue weighted by Gasteiger charge is -2.14. The van der Waals surface area contributed by atoms with Gasteiger partial charge in [0.1, 0.15) is 0 Å². The van der Waals surface area contributed by atoms with Crippen LogP contribution in [-0.2, 0) is 19.4 Å². The molecule has 2 rings (SSSR count). The zero-order chi connectivity index (χ0) is 13.0. The Labute approximate surface area is 107 Å². The molecule has 0 amide bonds. The molecule has 98 valence electrons. The number of nitrogens with one attached hydrogen (secondary N) is 1. The maximum atomic E-state index is 5.62. The van der Waals surface area contributed by atoms with Gasteiger partial charge in [0.2, 0.25) is 0 Å². The number of nitrogens with two attached hydrogens (primary N) is 1. The van der Waals surface area contributed by atoms with Crippen molar-refractivity contribution in [3.05, 3.63) is 41.6 Å². The van der Waals surface area contributed by atoms with Gasteiger partial charge in [0.25, 0.3) is 0 Å². The molecule has 2 aromatic rings. The quantitative estimate of drug-likeness (QED) is 0.604. The summed E-state index contributed by atoms with van der Waals surface area (Å²) in [7, 11) is 0. The molecule has 0 aromatic carbocycles. The van der Waals surface area contributed by atoms with Crippen LogP contribution < -0.4 is 11.3 Å². The number of aryl methyl sites for hydroxylation is 2. The normalized spacial score (nSPS) is 12.8. The predicted molar refractivity (Wildman–Crippen MR) is 69.8 cm³/mol. The highest BCUT2D eigenvalue weighted by molar-refractivity contribution is 5.18. The molecule has 0 bridgehead atoms. The molecule has 5 heteroatoms. The topological polar surface area (TPSA) is 69.0 Å². The molecular formula is C13H20N4O. The monoisotopic (exact) mass is 248 g/mol. The van der Waals surface area contributed by atoms with Crippen molar-refractivity contribution in [2.75, 3.05) is 0 Å². The highest BCUT2D eigenvalue weighted by Gasteiger charge is 2.15. The Kier molecular flexibility index (Phi) is 4.17. The highest BCUT2D eigenvalue weighted by atomic mass is 16.3.